The summed E-state index contributed by atoms with van der Waals surface area (Å²) in [6.45, 7) is 0.763. The molecular formula is C15H13BrN2OS. The minimum Gasteiger partial charge on any atom is -0.496 e. The summed E-state index contributed by atoms with van der Waals surface area (Å²) in [5, 5.41) is 5.53. The zero-order valence-corrected chi connectivity index (χ0v) is 13.3. The normalized spacial score (nSPS) is 10.7. The highest BCUT2D eigenvalue weighted by Crippen LogP contribution is 2.29. The molecule has 0 aliphatic rings. The first-order valence-corrected chi connectivity index (χ1v) is 7.78. The number of anilines is 1. The summed E-state index contributed by atoms with van der Waals surface area (Å²) in [5.74, 6) is 1.75. The lowest BCUT2D eigenvalue weighted by molar-refractivity contribution is 0.420. The monoisotopic (exact) mass is 348 g/mol. The molecule has 0 saturated carbocycles. The van der Waals surface area contributed by atoms with Gasteiger partial charge in [-0.05, 0) is 40.2 Å². The van der Waals surface area contributed by atoms with Crippen molar-refractivity contribution in [3.8, 4) is 5.75 Å². The lowest BCUT2D eigenvalue weighted by Crippen LogP contribution is -2.00. The summed E-state index contributed by atoms with van der Waals surface area (Å²) in [6, 6.07) is 12.1. The van der Waals surface area contributed by atoms with Crippen molar-refractivity contribution in [3.05, 3.63) is 51.3 Å². The van der Waals surface area contributed by atoms with Gasteiger partial charge in [-0.2, -0.15) is 0 Å². The Morgan fingerprint density at radius 2 is 2.10 bits per heavy atom. The van der Waals surface area contributed by atoms with Crippen LogP contribution in [0.2, 0.25) is 0 Å². The largest absolute Gasteiger partial charge is 0.496 e. The Hall–Kier alpha value is -1.59. The van der Waals surface area contributed by atoms with E-state index in [1.807, 2.05) is 18.2 Å². The van der Waals surface area contributed by atoms with E-state index in [1.165, 1.54) is 4.88 Å². The first kappa shape index (κ1) is 13.4. The minimum atomic E-state index is 0.763. The van der Waals surface area contributed by atoms with E-state index in [1.54, 1.807) is 24.6 Å². The number of benzene rings is 1. The Balaban J connectivity index is 1.91. The van der Waals surface area contributed by atoms with Crippen LogP contribution in [0.1, 0.15) is 4.88 Å². The van der Waals surface area contributed by atoms with Crippen LogP contribution in [0.5, 0.6) is 5.75 Å². The van der Waals surface area contributed by atoms with E-state index in [0.29, 0.717) is 0 Å². The molecule has 2 aromatic heterocycles. The van der Waals surface area contributed by atoms with Gasteiger partial charge in [0.25, 0.3) is 0 Å². The number of rotatable bonds is 4. The predicted octanol–water partition coefficient (Wildman–Crippen LogP) is 4.68. The maximum absolute atomic E-state index is 5.39. The third-order valence-electron chi connectivity index (χ3n) is 3.04. The van der Waals surface area contributed by atoms with E-state index in [-0.39, 0.29) is 0 Å². The van der Waals surface area contributed by atoms with E-state index in [2.05, 4.69) is 44.4 Å². The molecule has 0 saturated heterocycles. The van der Waals surface area contributed by atoms with Crippen molar-refractivity contribution in [3.63, 3.8) is 0 Å². The van der Waals surface area contributed by atoms with Gasteiger partial charge in [-0.1, -0.05) is 12.1 Å². The molecule has 102 valence electrons. The lowest BCUT2D eigenvalue weighted by atomic mass is 10.1. The summed E-state index contributed by atoms with van der Waals surface area (Å²) in [6.07, 6.45) is 1.80. The topological polar surface area (TPSA) is 34.1 Å². The second-order valence-corrected chi connectivity index (χ2v) is 6.82. The molecule has 2 heterocycles. The number of fused-ring (bicyclic) bond motifs is 1. The Kier molecular flexibility index (Phi) is 3.89. The SMILES string of the molecule is COc1cccc2c(NCc3ccc(Br)s3)nccc12. The molecule has 20 heavy (non-hydrogen) atoms. The fourth-order valence-corrected chi connectivity index (χ4v) is 3.54. The van der Waals surface area contributed by atoms with Crippen molar-refractivity contribution in [1.29, 1.82) is 0 Å². The Morgan fingerprint density at radius 1 is 1.20 bits per heavy atom. The molecule has 5 heteroatoms. The number of nitrogens with one attached hydrogen (secondary N) is 1. The van der Waals surface area contributed by atoms with Crippen molar-refractivity contribution in [1.82, 2.24) is 4.98 Å². The van der Waals surface area contributed by atoms with Crippen molar-refractivity contribution in [2.24, 2.45) is 0 Å². The van der Waals surface area contributed by atoms with Crippen molar-refractivity contribution >= 4 is 43.9 Å². The lowest BCUT2D eigenvalue weighted by Gasteiger charge is -2.10. The fraction of sp³-hybridized carbons (Fsp3) is 0.133. The molecule has 3 nitrogen and oxygen atoms in total. The number of nitrogens with zero attached hydrogens (tertiary/aromatic N) is 1. The molecule has 0 aliphatic carbocycles. The molecule has 3 rings (SSSR count). The third-order valence-corrected chi connectivity index (χ3v) is 4.67. The van der Waals surface area contributed by atoms with Gasteiger partial charge in [0.15, 0.2) is 0 Å². The number of halogens is 1. The Labute approximate surface area is 129 Å². The molecule has 1 aromatic carbocycles. The van der Waals surface area contributed by atoms with Crippen molar-refractivity contribution in [2.45, 2.75) is 6.54 Å². The highest BCUT2D eigenvalue weighted by molar-refractivity contribution is 9.11. The Morgan fingerprint density at radius 3 is 2.85 bits per heavy atom. The van der Waals surface area contributed by atoms with Crippen LogP contribution in [-0.4, -0.2) is 12.1 Å². The van der Waals surface area contributed by atoms with Crippen LogP contribution in [-0.2, 0) is 6.54 Å². The molecular weight excluding hydrogens is 336 g/mol. The van der Waals surface area contributed by atoms with E-state index >= 15 is 0 Å². The van der Waals surface area contributed by atoms with Gasteiger partial charge in [0.2, 0.25) is 0 Å². The summed E-state index contributed by atoms with van der Waals surface area (Å²) >= 11 is 5.20. The molecule has 0 spiro atoms. The fourth-order valence-electron chi connectivity index (χ4n) is 2.11. The van der Waals surface area contributed by atoms with Crippen LogP contribution in [0.3, 0.4) is 0 Å². The number of thiophene rings is 1. The van der Waals surface area contributed by atoms with Gasteiger partial charge in [0.1, 0.15) is 11.6 Å². The highest BCUT2D eigenvalue weighted by atomic mass is 79.9. The number of aromatic nitrogens is 1. The van der Waals surface area contributed by atoms with Crippen LogP contribution < -0.4 is 10.1 Å². The first-order chi connectivity index (χ1) is 9.78. The van der Waals surface area contributed by atoms with Crippen molar-refractivity contribution < 1.29 is 4.74 Å². The summed E-state index contributed by atoms with van der Waals surface area (Å²) in [7, 11) is 1.69. The average Bonchev–Trinajstić information content (AvgIpc) is 2.90. The average molecular weight is 349 g/mol. The molecule has 0 amide bonds. The van der Waals surface area contributed by atoms with E-state index in [9.17, 15) is 0 Å². The Bertz CT molecular complexity index is 742. The highest BCUT2D eigenvalue weighted by Gasteiger charge is 2.06. The summed E-state index contributed by atoms with van der Waals surface area (Å²) < 4.78 is 6.53. The van der Waals surface area contributed by atoms with E-state index in [4.69, 9.17) is 4.74 Å². The molecule has 3 aromatic rings. The zero-order valence-electron chi connectivity index (χ0n) is 10.9. The van der Waals surface area contributed by atoms with E-state index in [0.717, 1.165) is 32.7 Å². The van der Waals surface area contributed by atoms with Gasteiger partial charge in [0.05, 0.1) is 17.4 Å². The van der Waals surface area contributed by atoms with Crippen LogP contribution >= 0.6 is 27.3 Å². The number of pyridine rings is 1. The second-order valence-electron chi connectivity index (χ2n) is 4.27. The van der Waals surface area contributed by atoms with E-state index < -0.39 is 0 Å². The summed E-state index contributed by atoms with van der Waals surface area (Å²) in [5.41, 5.74) is 0. The molecule has 0 bridgehead atoms. The zero-order chi connectivity index (χ0) is 13.9. The molecule has 0 radical (unpaired) electrons. The van der Waals surface area contributed by atoms with Gasteiger partial charge in [0, 0.05) is 21.8 Å². The number of methoxy groups -OCH3 is 1. The molecule has 0 unspecified atom stereocenters. The smallest absolute Gasteiger partial charge is 0.134 e. The van der Waals surface area contributed by atoms with Crippen LogP contribution in [0.4, 0.5) is 5.82 Å². The second kappa shape index (κ2) is 5.81. The van der Waals surface area contributed by atoms with Gasteiger partial charge >= 0.3 is 0 Å². The molecule has 0 fully saturated rings. The van der Waals surface area contributed by atoms with Gasteiger partial charge in [-0.15, -0.1) is 11.3 Å². The maximum atomic E-state index is 5.39. The maximum Gasteiger partial charge on any atom is 0.134 e. The van der Waals surface area contributed by atoms with Crippen molar-refractivity contribution in [2.75, 3.05) is 12.4 Å². The number of hydrogen-bond acceptors (Lipinski definition) is 4. The third kappa shape index (κ3) is 2.64. The quantitative estimate of drug-likeness (QED) is 0.743. The van der Waals surface area contributed by atoms with Crippen LogP contribution in [0.25, 0.3) is 10.8 Å². The first-order valence-electron chi connectivity index (χ1n) is 6.18. The van der Waals surface area contributed by atoms with Crippen LogP contribution in [0, 0.1) is 0 Å². The predicted molar refractivity (Wildman–Crippen MR) is 87.6 cm³/mol. The summed E-state index contributed by atoms with van der Waals surface area (Å²) in [4.78, 5) is 5.69. The number of hydrogen-bond donors (Lipinski definition) is 1. The van der Waals surface area contributed by atoms with Gasteiger partial charge in [-0.25, -0.2) is 4.98 Å². The van der Waals surface area contributed by atoms with Crippen LogP contribution in [0.15, 0.2) is 46.4 Å². The standard InChI is InChI=1S/C15H13BrN2OS/c1-19-13-4-2-3-12-11(13)7-8-17-15(12)18-9-10-5-6-14(16)20-10/h2-8H,9H2,1H3,(H,17,18). The van der Waals surface area contributed by atoms with Gasteiger partial charge < -0.3 is 10.1 Å². The minimum absolute atomic E-state index is 0.763. The molecule has 0 atom stereocenters. The number of ether oxygens (including phenoxy) is 1. The van der Waals surface area contributed by atoms with Gasteiger partial charge in [-0.3, -0.25) is 0 Å². The molecule has 0 aliphatic heterocycles. The molecule has 1 N–H and O–H groups in total.